The van der Waals surface area contributed by atoms with Crippen LogP contribution in [0.25, 0.3) is 23.0 Å². The molecule has 170 valence electrons. The fourth-order valence-corrected chi connectivity index (χ4v) is 4.96. The molecule has 1 aliphatic heterocycles. The first-order chi connectivity index (χ1) is 16.0. The first-order valence-electron chi connectivity index (χ1n) is 10.6. The maximum atomic E-state index is 13.0. The predicted octanol–water partition coefficient (Wildman–Crippen LogP) is 5.09. The summed E-state index contributed by atoms with van der Waals surface area (Å²) in [7, 11) is 3.31. The van der Waals surface area contributed by atoms with Gasteiger partial charge in [0.1, 0.15) is 15.8 Å². The fourth-order valence-electron chi connectivity index (χ4n) is 3.66. The van der Waals surface area contributed by atoms with Crippen LogP contribution >= 0.6 is 24.0 Å². The van der Waals surface area contributed by atoms with Crippen molar-refractivity contribution in [2.75, 3.05) is 27.4 Å². The van der Waals surface area contributed by atoms with Crippen LogP contribution in [0, 0.1) is 6.92 Å². The molecule has 8 heteroatoms. The Balaban J connectivity index is 1.74. The monoisotopic (exact) mass is 479 g/mol. The third kappa shape index (κ3) is 5.03. The highest BCUT2D eigenvalue weighted by molar-refractivity contribution is 8.26. The number of amides is 1. The Hall–Kier alpha value is -2.94. The summed E-state index contributed by atoms with van der Waals surface area (Å²) in [6.07, 6.45) is 4.57. The van der Waals surface area contributed by atoms with Crippen LogP contribution in [-0.2, 0) is 9.53 Å². The lowest BCUT2D eigenvalue weighted by atomic mass is 10.0. The number of thiocarbonyl (C=S) groups is 1. The molecule has 0 unspecified atom stereocenters. The van der Waals surface area contributed by atoms with Crippen LogP contribution in [0.4, 0.5) is 0 Å². The minimum absolute atomic E-state index is 0.0783. The Morgan fingerprint density at radius 3 is 2.64 bits per heavy atom. The predicted molar refractivity (Wildman–Crippen MR) is 137 cm³/mol. The minimum Gasteiger partial charge on any atom is -0.496 e. The van der Waals surface area contributed by atoms with E-state index in [0.29, 0.717) is 22.4 Å². The average Bonchev–Trinajstić information content (AvgIpc) is 3.36. The fraction of sp³-hybridized carbons (Fsp3) is 0.240. The number of aromatic nitrogens is 2. The molecule has 0 aliphatic carbocycles. The largest absolute Gasteiger partial charge is 0.496 e. The molecule has 6 nitrogen and oxygen atoms in total. The summed E-state index contributed by atoms with van der Waals surface area (Å²) in [5, 5.41) is 4.86. The Kier molecular flexibility index (Phi) is 7.27. The van der Waals surface area contributed by atoms with Crippen molar-refractivity contribution < 1.29 is 14.3 Å². The van der Waals surface area contributed by atoms with Crippen molar-refractivity contribution in [3.8, 4) is 22.7 Å². The second-order valence-corrected chi connectivity index (χ2v) is 9.25. The molecular formula is C25H25N3O3S2. The van der Waals surface area contributed by atoms with E-state index in [2.05, 4.69) is 0 Å². The van der Waals surface area contributed by atoms with Crippen molar-refractivity contribution in [3.63, 3.8) is 0 Å². The number of para-hydroxylation sites is 1. The molecule has 2 aromatic carbocycles. The Morgan fingerprint density at radius 1 is 1.15 bits per heavy atom. The first-order valence-corrected chi connectivity index (χ1v) is 11.8. The van der Waals surface area contributed by atoms with Crippen LogP contribution in [0.15, 0.2) is 59.6 Å². The van der Waals surface area contributed by atoms with E-state index in [1.165, 1.54) is 11.8 Å². The van der Waals surface area contributed by atoms with Gasteiger partial charge in [-0.1, -0.05) is 42.2 Å². The van der Waals surface area contributed by atoms with Gasteiger partial charge in [0.25, 0.3) is 5.91 Å². The van der Waals surface area contributed by atoms with Gasteiger partial charge in [-0.05, 0) is 55.3 Å². The molecule has 2 heterocycles. The number of rotatable bonds is 8. The first kappa shape index (κ1) is 23.2. The van der Waals surface area contributed by atoms with Gasteiger partial charge in [-0.25, -0.2) is 4.68 Å². The van der Waals surface area contributed by atoms with E-state index < -0.39 is 0 Å². The molecule has 0 N–H and O–H groups in total. The number of thioether (sulfide) groups is 1. The van der Waals surface area contributed by atoms with Gasteiger partial charge in [0.05, 0.1) is 17.7 Å². The molecule has 0 atom stereocenters. The van der Waals surface area contributed by atoms with Crippen LogP contribution in [0.5, 0.6) is 5.75 Å². The highest BCUT2D eigenvalue weighted by Crippen LogP contribution is 2.35. The van der Waals surface area contributed by atoms with E-state index in [1.807, 2.05) is 72.4 Å². The lowest BCUT2D eigenvalue weighted by molar-refractivity contribution is -0.122. The molecule has 1 aromatic heterocycles. The van der Waals surface area contributed by atoms with Gasteiger partial charge >= 0.3 is 0 Å². The van der Waals surface area contributed by atoms with Gasteiger partial charge in [0.15, 0.2) is 0 Å². The van der Waals surface area contributed by atoms with E-state index >= 15 is 0 Å². The van der Waals surface area contributed by atoms with Crippen LogP contribution in [0.3, 0.4) is 0 Å². The molecule has 1 fully saturated rings. The van der Waals surface area contributed by atoms with Crippen molar-refractivity contribution in [1.29, 1.82) is 0 Å². The summed E-state index contributed by atoms with van der Waals surface area (Å²) in [6.45, 7) is 3.13. The highest BCUT2D eigenvalue weighted by atomic mass is 32.2. The standard InChI is InChI=1S/C25H25N3O3S2/c1-17-14-18(10-11-21(17)31-3)23-19(16-28(26-23)20-8-5-4-6-9-20)15-22-24(29)27(25(32)33-22)12-7-13-30-2/h4-6,8-11,14-16H,7,12-13H2,1-3H3/b22-15-. The molecule has 1 saturated heterocycles. The van der Waals surface area contributed by atoms with Gasteiger partial charge in [-0.3, -0.25) is 9.69 Å². The Labute approximate surface area is 203 Å². The lowest BCUT2D eigenvalue weighted by Crippen LogP contribution is -2.29. The number of benzene rings is 2. The molecule has 0 saturated carbocycles. The molecule has 4 rings (SSSR count). The molecule has 0 bridgehead atoms. The van der Waals surface area contributed by atoms with Crippen molar-refractivity contribution in [2.24, 2.45) is 0 Å². The summed E-state index contributed by atoms with van der Waals surface area (Å²) in [6, 6.07) is 15.9. The summed E-state index contributed by atoms with van der Waals surface area (Å²) in [5.74, 6) is 0.741. The van der Waals surface area contributed by atoms with Crippen molar-refractivity contribution in [2.45, 2.75) is 13.3 Å². The normalized spacial score (nSPS) is 15.0. The topological polar surface area (TPSA) is 56.6 Å². The lowest BCUT2D eigenvalue weighted by Gasteiger charge is -2.13. The summed E-state index contributed by atoms with van der Waals surface area (Å²) < 4.78 is 12.9. The molecule has 1 amide bonds. The summed E-state index contributed by atoms with van der Waals surface area (Å²) in [5.41, 5.74) is 4.54. The number of hydrogen-bond acceptors (Lipinski definition) is 6. The Morgan fingerprint density at radius 2 is 1.94 bits per heavy atom. The van der Waals surface area contributed by atoms with E-state index in [0.717, 1.165) is 40.2 Å². The second-order valence-electron chi connectivity index (χ2n) is 7.58. The maximum absolute atomic E-state index is 13.0. The van der Waals surface area contributed by atoms with Gasteiger partial charge in [-0.2, -0.15) is 5.10 Å². The van der Waals surface area contributed by atoms with E-state index in [9.17, 15) is 4.79 Å². The number of aryl methyl sites for hydroxylation is 1. The molecule has 3 aromatic rings. The van der Waals surface area contributed by atoms with Gasteiger partial charge < -0.3 is 9.47 Å². The molecule has 33 heavy (non-hydrogen) atoms. The van der Waals surface area contributed by atoms with Gasteiger partial charge in [-0.15, -0.1) is 0 Å². The molecule has 0 spiro atoms. The van der Waals surface area contributed by atoms with Gasteiger partial charge in [0, 0.05) is 37.6 Å². The van der Waals surface area contributed by atoms with E-state index in [1.54, 1.807) is 19.1 Å². The van der Waals surface area contributed by atoms with Crippen LogP contribution in [0.2, 0.25) is 0 Å². The SMILES string of the molecule is COCCCN1C(=O)/C(=C/c2cn(-c3ccccc3)nc2-c2ccc(OC)c(C)c2)SC1=S. The quantitative estimate of drug-likeness (QED) is 0.255. The zero-order chi connectivity index (χ0) is 23.4. The number of methoxy groups -OCH3 is 2. The van der Waals surface area contributed by atoms with Gasteiger partial charge in [0.2, 0.25) is 0 Å². The maximum Gasteiger partial charge on any atom is 0.266 e. The van der Waals surface area contributed by atoms with Crippen LogP contribution in [0.1, 0.15) is 17.5 Å². The van der Waals surface area contributed by atoms with Crippen molar-refractivity contribution >= 4 is 40.3 Å². The van der Waals surface area contributed by atoms with Crippen LogP contribution < -0.4 is 4.74 Å². The van der Waals surface area contributed by atoms with Crippen molar-refractivity contribution in [3.05, 3.63) is 70.8 Å². The number of nitrogens with zero attached hydrogens (tertiary/aromatic N) is 3. The number of hydrogen-bond donors (Lipinski definition) is 0. The minimum atomic E-state index is -0.0783. The number of carbonyl (C=O) groups is 1. The number of ether oxygens (including phenoxy) is 2. The summed E-state index contributed by atoms with van der Waals surface area (Å²) in [4.78, 5) is 15.3. The zero-order valence-electron chi connectivity index (χ0n) is 18.8. The van der Waals surface area contributed by atoms with Crippen LogP contribution in [-0.4, -0.2) is 52.3 Å². The number of carbonyl (C=O) groups excluding carboxylic acids is 1. The second kappa shape index (κ2) is 10.3. The third-order valence-corrected chi connectivity index (χ3v) is 6.70. The third-order valence-electron chi connectivity index (χ3n) is 5.32. The molecule has 1 aliphatic rings. The zero-order valence-corrected chi connectivity index (χ0v) is 20.4. The van der Waals surface area contributed by atoms with Crippen molar-refractivity contribution in [1.82, 2.24) is 14.7 Å². The Bertz CT molecular complexity index is 1200. The summed E-state index contributed by atoms with van der Waals surface area (Å²) >= 11 is 6.79. The average molecular weight is 480 g/mol. The highest BCUT2D eigenvalue weighted by Gasteiger charge is 2.32. The molecule has 0 radical (unpaired) electrons. The smallest absolute Gasteiger partial charge is 0.266 e. The molecular weight excluding hydrogens is 454 g/mol. The van der Waals surface area contributed by atoms with E-state index in [4.69, 9.17) is 26.8 Å². The van der Waals surface area contributed by atoms with E-state index in [-0.39, 0.29) is 5.91 Å².